The highest BCUT2D eigenvalue weighted by molar-refractivity contribution is 5.33. The monoisotopic (exact) mass is 199 g/mol. The van der Waals surface area contributed by atoms with Crippen LogP contribution in [0.4, 0.5) is 0 Å². The number of pyridine rings is 1. The Labute approximate surface area is 89.2 Å². The Morgan fingerprint density at radius 2 is 1.67 bits per heavy atom. The van der Waals surface area contributed by atoms with Gasteiger partial charge < -0.3 is 5.11 Å². The van der Waals surface area contributed by atoms with E-state index in [1.807, 2.05) is 42.5 Å². The molecule has 76 valence electrons. The van der Waals surface area contributed by atoms with E-state index in [1.165, 1.54) is 0 Å². The summed E-state index contributed by atoms with van der Waals surface area (Å²) in [6.07, 6.45) is 3.39. The molecule has 2 aromatic rings. The minimum atomic E-state index is -0.977. The lowest BCUT2D eigenvalue weighted by Gasteiger charge is -2.23. The van der Waals surface area contributed by atoms with Gasteiger partial charge in [-0.05, 0) is 18.6 Å². The topological polar surface area (TPSA) is 33.1 Å². The third-order valence-corrected chi connectivity index (χ3v) is 2.56. The number of nitrogens with zero attached hydrogens (tertiary/aromatic N) is 1. The Morgan fingerprint density at radius 1 is 1.00 bits per heavy atom. The van der Waals surface area contributed by atoms with Crippen molar-refractivity contribution in [1.29, 1.82) is 0 Å². The zero-order valence-corrected chi connectivity index (χ0v) is 8.59. The van der Waals surface area contributed by atoms with Crippen molar-refractivity contribution >= 4 is 0 Å². The molecule has 0 aliphatic heterocycles. The Kier molecular flexibility index (Phi) is 2.52. The van der Waals surface area contributed by atoms with Crippen molar-refractivity contribution in [1.82, 2.24) is 4.98 Å². The van der Waals surface area contributed by atoms with Crippen LogP contribution in [-0.2, 0) is 5.60 Å². The molecule has 2 heteroatoms. The first-order valence-electron chi connectivity index (χ1n) is 4.89. The van der Waals surface area contributed by atoms with Gasteiger partial charge in [-0.3, -0.25) is 4.98 Å². The predicted octanol–water partition coefficient (Wildman–Crippen LogP) is 2.34. The molecule has 1 heterocycles. The largest absolute Gasteiger partial charge is 0.381 e. The molecule has 15 heavy (non-hydrogen) atoms. The van der Waals surface area contributed by atoms with Crippen molar-refractivity contribution < 1.29 is 5.11 Å². The summed E-state index contributed by atoms with van der Waals surface area (Å²) in [4.78, 5) is 4.02. The van der Waals surface area contributed by atoms with Gasteiger partial charge in [0.25, 0.3) is 0 Å². The van der Waals surface area contributed by atoms with Crippen LogP contribution in [0.1, 0.15) is 18.1 Å². The average Bonchev–Trinajstić information content (AvgIpc) is 2.31. The summed E-state index contributed by atoms with van der Waals surface area (Å²) in [5, 5.41) is 10.4. The van der Waals surface area contributed by atoms with Gasteiger partial charge in [-0.1, -0.05) is 36.4 Å². The van der Waals surface area contributed by atoms with Crippen molar-refractivity contribution in [3.05, 3.63) is 66.0 Å². The number of hydrogen-bond acceptors (Lipinski definition) is 2. The first-order valence-corrected chi connectivity index (χ1v) is 4.89. The molecule has 0 amide bonds. The normalized spacial score (nSPS) is 14.5. The number of aliphatic hydroxyl groups is 1. The molecular weight excluding hydrogens is 186 g/mol. The van der Waals surface area contributed by atoms with Gasteiger partial charge in [-0.25, -0.2) is 0 Å². The smallest absolute Gasteiger partial charge is 0.113 e. The summed E-state index contributed by atoms with van der Waals surface area (Å²) in [5.41, 5.74) is 0.699. The highest BCUT2D eigenvalue weighted by Crippen LogP contribution is 2.27. The summed E-state index contributed by atoms with van der Waals surface area (Å²) in [6.45, 7) is 1.78. The van der Waals surface area contributed by atoms with E-state index in [9.17, 15) is 5.11 Å². The van der Waals surface area contributed by atoms with E-state index < -0.39 is 5.60 Å². The highest BCUT2D eigenvalue weighted by Gasteiger charge is 2.24. The summed E-state index contributed by atoms with van der Waals surface area (Å²) >= 11 is 0. The third kappa shape index (κ3) is 1.90. The van der Waals surface area contributed by atoms with Crippen LogP contribution in [0.5, 0.6) is 0 Å². The van der Waals surface area contributed by atoms with Gasteiger partial charge in [-0.2, -0.15) is 0 Å². The molecule has 2 rings (SSSR count). The molecule has 0 spiro atoms. The second-order valence-electron chi connectivity index (χ2n) is 3.68. The molecule has 0 fully saturated rings. The summed E-state index contributed by atoms with van der Waals surface area (Å²) in [5.74, 6) is 0. The first kappa shape index (κ1) is 9.87. The van der Waals surface area contributed by atoms with Gasteiger partial charge in [0.1, 0.15) is 5.60 Å². The number of aromatic nitrogens is 1. The zero-order valence-electron chi connectivity index (χ0n) is 8.59. The van der Waals surface area contributed by atoms with Gasteiger partial charge in [0.15, 0.2) is 0 Å². The Morgan fingerprint density at radius 3 is 2.27 bits per heavy atom. The zero-order chi connectivity index (χ0) is 10.7. The van der Waals surface area contributed by atoms with E-state index in [0.717, 1.165) is 11.1 Å². The van der Waals surface area contributed by atoms with Crippen molar-refractivity contribution in [2.45, 2.75) is 12.5 Å². The Hall–Kier alpha value is -1.67. The Bertz CT molecular complexity index is 381. The lowest BCUT2D eigenvalue weighted by molar-refractivity contribution is 0.102. The molecule has 0 radical (unpaired) electrons. The molecule has 1 atom stereocenters. The SMILES string of the molecule is C[C@@](O)(c1ccccc1)c1cccnc1. The maximum atomic E-state index is 10.4. The minimum Gasteiger partial charge on any atom is -0.381 e. The molecule has 0 unspecified atom stereocenters. The third-order valence-electron chi connectivity index (χ3n) is 2.56. The average molecular weight is 199 g/mol. The van der Waals surface area contributed by atoms with Crippen LogP contribution in [0, 0.1) is 0 Å². The molecule has 2 nitrogen and oxygen atoms in total. The molecule has 0 aliphatic carbocycles. The Balaban J connectivity index is 2.44. The van der Waals surface area contributed by atoms with Crippen molar-refractivity contribution in [3.63, 3.8) is 0 Å². The lowest BCUT2D eigenvalue weighted by Crippen LogP contribution is -2.22. The summed E-state index contributed by atoms with van der Waals surface area (Å²) in [7, 11) is 0. The standard InChI is InChI=1S/C13H13NO/c1-13(15,11-6-3-2-4-7-11)12-8-5-9-14-10-12/h2-10,15H,1H3/t13-/m1/s1. The van der Waals surface area contributed by atoms with Gasteiger partial charge >= 0.3 is 0 Å². The van der Waals surface area contributed by atoms with Crippen molar-refractivity contribution in [3.8, 4) is 0 Å². The van der Waals surface area contributed by atoms with Gasteiger partial charge in [0.2, 0.25) is 0 Å². The molecule has 0 aliphatic rings. The van der Waals surface area contributed by atoms with Gasteiger partial charge in [-0.15, -0.1) is 0 Å². The first-order chi connectivity index (χ1) is 7.21. The van der Waals surface area contributed by atoms with Crippen LogP contribution in [0.25, 0.3) is 0 Å². The number of rotatable bonds is 2. The lowest BCUT2D eigenvalue weighted by atomic mass is 9.89. The second-order valence-corrected chi connectivity index (χ2v) is 3.68. The van der Waals surface area contributed by atoms with Crippen molar-refractivity contribution in [2.75, 3.05) is 0 Å². The number of benzene rings is 1. The molecule has 0 bridgehead atoms. The van der Waals surface area contributed by atoms with Crippen LogP contribution in [-0.4, -0.2) is 10.1 Å². The fraction of sp³-hybridized carbons (Fsp3) is 0.154. The quantitative estimate of drug-likeness (QED) is 0.805. The van der Waals surface area contributed by atoms with E-state index in [2.05, 4.69) is 4.98 Å². The van der Waals surface area contributed by atoms with Crippen LogP contribution >= 0.6 is 0 Å². The van der Waals surface area contributed by atoms with E-state index in [1.54, 1.807) is 19.3 Å². The summed E-state index contributed by atoms with van der Waals surface area (Å²) < 4.78 is 0. The molecule has 0 saturated heterocycles. The minimum absolute atomic E-state index is 0.802. The van der Waals surface area contributed by atoms with Crippen LogP contribution < -0.4 is 0 Å². The summed E-state index contributed by atoms with van der Waals surface area (Å²) in [6, 6.07) is 13.3. The van der Waals surface area contributed by atoms with E-state index in [-0.39, 0.29) is 0 Å². The molecule has 1 aromatic carbocycles. The van der Waals surface area contributed by atoms with Crippen molar-refractivity contribution in [2.24, 2.45) is 0 Å². The molecule has 1 aromatic heterocycles. The highest BCUT2D eigenvalue weighted by atomic mass is 16.3. The fourth-order valence-corrected chi connectivity index (χ4v) is 1.58. The number of hydrogen-bond donors (Lipinski definition) is 1. The van der Waals surface area contributed by atoms with Gasteiger partial charge in [0, 0.05) is 18.0 Å². The molecular formula is C13H13NO. The van der Waals surface area contributed by atoms with E-state index in [4.69, 9.17) is 0 Å². The van der Waals surface area contributed by atoms with E-state index in [0.29, 0.717) is 0 Å². The predicted molar refractivity (Wildman–Crippen MR) is 59.4 cm³/mol. The maximum absolute atomic E-state index is 10.4. The van der Waals surface area contributed by atoms with E-state index >= 15 is 0 Å². The molecule has 1 N–H and O–H groups in total. The van der Waals surface area contributed by atoms with Crippen LogP contribution in [0.2, 0.25) is 0 Å². The van der Waals surface area contributed by atoms with Gasteiger partial charge in [0.05, 0.1) is 0 Å². The maximum Gasteiger partial charge on any atom is 0.113 e. The molecule has 0 saturated carbocycles. The fourth-order valence-electron chi connectivity index (χ4n) is 1.58. The second kappa shape index (κ2) is 3.83. The van der Waals surface area contributed by atoms with Crippen LogP contribution in [0.15, 0.2) is 54.9 Å². The van der Waals surface area contributed by atoms with Crippen LogP contribution in [0.3, 0.4) is 0 Å².